The molecule has 0 unspecified atom stereocenters. The van der Waals surface area contributed by atoms with E-state index in [0.717, 1.165) is 32.1 Å². The first-order valence-corrected chi connectivity index (χ1v) is 10.5. The lowest BCUT2D eigenvalue weighted by Gasteiger charge is -2.38. The molecule has 0 bridgehead atoms. The van der Waals surface area contributed by atoms with Crippen molar-refractivity contribution in [1.29, 1.82) is 0 Å². The SMILES string of the molecule is C[C@@H](CC[C@@H](O)CCCCO)O[Si](C)(C)C(C)(C)C. The largest absolute Gasteiger partial charge is 0.414 e. The van der Waals surface area contributed by atoms with E-state index in [2.05, 4.69) is 40.8 Å². The van der Waals surface area contributed by atoms with Crippen LogP contribution in [0.1, 0.15) is 59.8 Å². The van der Waals surface area contributed by atoms with Crippen LogP contribution < -0.4 is 0 Å². The zero-order valence-electron chi connectivity index (χ0n) is 13.7. The summed E-state index contributed by atoms with van der Waals surface area (Å²) < 4.78 is 6.27. The fourth-order valence-electron chi connectivity index (χ4n) is 1.80. The number of rotatable bonds is 9. The summed E-state index contributed by atoms with van der Waals surface area (Å²) in [4.78, 5) is 0. The predicted octanol–water partition coefficient (Wildman–Crippen LogP) is 3.70. The van der Waals surface area contributed by atoms with E-state index in [1.54, 1.807) is 0 Å². The van der Waals surface area contributed by atoms with Crippen molar-refractivity contribution < 1.29 is 14.6 Å². The number of aliphatic hydroxyl groups is 2. The van der Waals surface area contributed by atoms with Crippen LogP contribution in [0.5, 0.6) is 0 Å². The third-order valence-electron chi connectivity index (χ3n) is 4.15. The van der Waals surface area contributed by atoms with Gasteiger partial charge in [-0.15, -0.1) is 0 Å². The van der Waals surface area contributed by atoms with Crippen molar-refractivity contribution in [3.8, 4) is 0 Å². The molecular formula is C15H34O3Si. The van der Waals surface area contributed by atoms with Gasteiger partial charge in [0.25, 0.3) is 0 Å². The molecule has 0 aliphatic rings. The van der Waals surface area contributed by atoms with E-state index in [1.165, 1.54) is 0 Å². The molecule has 2 N–H and O–H groups in total. The Balaban J connectivity index is 3.95. The van der Waals surface area contributed by atoms with Crippen molar-refractivity contribution >= 4 is 8.32 Å². The molecule has 0 aliphatic carbocycles. The fourth-order valence-corrected chi connectivity index (χ4v) is 3.28. The van der Waals surface area contributed by atoms with Gasteiger partial charge >= 0.3 is 0 Å². The second-order valence-electron chi connectivity index (χ2n) is 7.14. The standard InChI is InChI=1S/C15H34O3Si/c1-13(18-19(5,6)15(2,3)4)10-11-14(17)9-7-8-12-16/h13-14,16-17H,7-12H2,1-6H3/t13-,14-/m0/s1. The lowest BCUT2D eigenvalue weighted by Crippen LogP contribution is -2.43. The molecule has 3 nitrogen and oxygen atoms in total. The molecule has 0 spiro atoms. The van der Waals surface area contributed by atoms with Crippen molar-refractivity contribution in [2.75, 3.05) is 6.61 Å². The summed E-state index contributed by atoms with van der Waals surface area (Å²) >= 11 is 0. The van der Waals surface area contributed by atoms with E-state index < -0.39 is 8.32 Å². The van der Waals surface area contributed by atoms with Crippen molar-refractivity contribution in [2.45, 2.75) is 90.1 Å². The molecule has 0 rings (SSSR count). The molecule has 116 valence electrons. The fraction of sp³-hybridized carbons (Fsp3) is 1.00. The molecule has 0 aromatic carbocycles. The van der Waals surface area contributed by atoms with Crippen LogP contribution in [-0.4, -0.2) is 37.3 Å². The van der Waals surface area contributed by atoms with Gasteiger partial charge in [-0.1, -0.05) is 20.8 Å². The highest BCUT2D eigenvalue weighted by Crippen LogP contribution is 2.37. The molecule has 0 aromatic heterocycles. The highest BCUT2D eigenvalue weighted by Gasteiger charge is 2.38. The highest BCUT2D eigenvalue weighted by atomic mass is 28.4. The Labute approximate surface area is 120 Å². The second-order valence-corrected chi connectivity index (χ2v) is 11.9. The molecule has 0 aliphatic heterocycles. The van der Waals surface area contributed by atoms with Crippen LogP contribution in [0.2, 0.25) is 18.1 Å². The Morgan fingerprint density at radius 2 is 1.63 bits per heavy atom. The average molecular weight is 291 g/mol. The summed E-state index contributed by atoms with van der Waals surface area (Å²) in [5.74, 6) is 0. The monoisotopic (exact) mass is 290 g/mol. The van der Waals surface area contributed by atoms with Gasteiger partial charge in [-0.3, -0.25) is 0 Å². The Hall–Kier alpha value is 0.0969. The van der Waals surface area contributed by atoms with Gasteiger partial charge in [0, 0.05) is 12.7 Å². The van der Waals surface area contributed by atoms with Crippen LogP contribution in [0.25, 0.3) is 0 Å². The molecule has 2 atom stereocenters. The molecule has 0 amide bonds. The third kappa shape index (κ3) is 8.08. The number of hydrogen-bond donors (Lipinski definition) is 2. The van der Waals surface area contributed by atoms with Crippen LogP contribution in [0.3, 0.4) is 0 Å². The van der Waals surface area contributed by atoms with E-state index in [9.17, 15) is 5.11 Å². The zero-order chi connectivity index (χ0) is 15.1. The smallest absolute Gasteiger partial charge is 0.192 e. The lowest BCUT2D eigenvalue weighted by molar-refractivity contribution is 0.116. The maximum absolute atomic E-state index is 9.86. The van der Waals surface area contributed by atoms with E-state index in [-0.39, 0.29) is 23.9 Å². The van der Waals surface area contributed by atoms with Crippen molar-refractivity contribution in [1.82, 2.24) is 0 Å². The Bertz CT molecular complexity index is 236. The van der Waals surface area contributed by atoms with Gasteiger partial charge in [0.05, 0.1) is 6.10 Å². The minimum absolute atomic E-state index is 0.216. The van der Waals surface area contributed by atoms with Crippen LogP contribution >= 0.6 is 0 Å². The molecule has 0 fully saturated rings. The summed E-state index contributed by atoms with van der Waals surface area (Å²) in [5, 5.41) is 18.8. The average Bonchev–Trinajstić information content (AvgIpc) is 2.24. The molecule has 0 heterocycles. The van der Waals surface area contributed by atoms with Crippen molar-refractivity contribution in [3.63, 3.8) is 0 Å². The van der Waals surface area contributed by atoms with Crippen molar-refractivity contribution in [2.24, 2.45) is 0 Å². The summed E-state index contributed by atoms with van der Waals surface area (Å²) in [6.45, 7) is 13.6. The maximum Gasteiger partial charge on any atom is 0.192 e. The molecule has 0 saturated carbocycles. The summed E-state index contributed by atoms with van der Waals surface area (Å²) in [6.07, 6.45) is 4.13. The second kappa shape index (κ2) is 8.40. The Kier molecular flexibility index (Phi) is 8.44. The van der Waals surface area contributed by atoms with E-state index >= 15 is 0 Å². The van der Waals surface area contributed by atoms with Gasteiger partial charge in [0.1, 0.15) is 0 Å². The first-order valence-electron chi connectivity index (χ1n) is 7.57. The topological polar surface area (TPSA) is 49.7 Å². The lowest BCUT2D eigenvalue weighted by atomic mass is 10.1. The molecule has 0 saturated heterocycles. The number of hydrogen-bond acceptors (Lipinski definition) is 3. The minimum Gasteiger partial charge on any atom is -0.414 e. The van der Waals surface area contributed by atoms with E-state index in [4.69, 9.17) is 9.53 Å². The summed E-state index contributed by atoms with van der Waals surface area (Å²) in [5.41, 5.74) is 0. The summed E-state index contributed by atoms with van der Waals surface area (Å²) in [6, 6.07) is 0. The molecule has 4 heteroatoms. The number of aliphatic hydroxyl groups excluding tert-OH is 2. The molecule has 0 radical (unpaired) electrons. The van der Waals surface area contributed by atoms with Gasteiger partial charge in [0.2, 0.25) is 0 Å². The van der Waals surface area contributed by atoms with E-state index in [1.807, 2.05) is 0 Å². The molecule has 19 heavy (non-hydrogen) atoms. The maximum atomic E-state index is 9.86. The first kappa shape index (κ1) is 19.1. The Morgan fingerprint density at radius 3 is 2.11 bits per heavy atom. The third-order valence-corrected chi connectivity index (χ3v) is 8.76. The predicted molar refractivity (Wildman–Crippen MR) is 83.9 cm³/mol. The molecule has 0 aromatic rings. The normalized spacial score (nSPS) is 16.4. The van der Waals surface area contributed by atoms with Gasteiger partial charge < -0.3 is 14.6 Å². The minimum atomic E-state index is -1.69. The quantitative estimate of drug-likeness (QED) is 0.503. The highest BCUT2D eigenvalue weighted by molar-refractivity contribution is 6.74. The molecular weight excluding hydrogens is 256 g/mol. The van der Waals surface area contributed by atoms with Gasteiger partial charge in [-0.05, 0) is 57.2 Å². The number of unbranched alkanes of at least 4 members (excludes halogenated alkanes) is 1. The van der Waals surface area contributed by atoms with Crippen molar-refractivity contribution in [3.05, 3.63) is 0 Å². The summed E-state index contributed by atoms with van der Waals surface area (Å²) in [7, 11) is -1.69. The zero-order valence-corrected chi connectivity index (χ0v) is 14.7. The Morgan fingerprint density at radius 1 is 1.05 bits per heavy atom. The first-order chi connectivity index (χ1) is 8.60. The van der Waals surface area contributed by atoms with Gasteiger partial charge in [0.15, 0.2) is 8.32 Å². The van der Waals surface area contributed by atoms with Gasteiger partial charge in [-0.25, -0.2) is 0 Å². The van der Waals surface area contributed by atoms with Crippen LogP contribution in [0.4, 0.5) is 0 Å². The van der Waals surface area contributed by atoms with Crippen LogP contribution in [0.15, 0.2) is 0 Å². The van der Waals surface area contributed by atoms with Crippen LogP contribution in [0, 0.1) is 0 Å². The van der Waals surface area contributed by atoms with Gasteiger partial charge in [-0.2, -0.15) is 0 Å². The van der Waals surface area contributed by atoms with Crippen LogP contribution in [-0.2, 0) is 4.43 Å². The van der Waals surface area contributed by atoms with E-state index in [0.29, 0.717) is 0 Å².